The molecule has 0 saturated carbocycles. The van der Waals surface area contributed by atoms with Gasteiger partial charge in [0.25, 0.3) is 0 Å². The minimum absolute atomic E-state index is 0.0121. The topological polar surface area (TPSA) is 59.8 Å². The van der Waals surface area contributed by atoms with E-state index in [4.69, 9.17) is 10.1 Å². The van der Waals surface area contributed by atoms with Crippen LogP contribution in [0.4, 0.5) is 5.82 Å². The molecule has 134 valence electrons. The van der Waals surface area contributed by atoms with Crippen LogP contribution in [0, 0.1) is 6.92 Å². The van der Waals surface area contributed by atoms with E-state index in [1.165, 1.54) is 5.56 Å². The molecule has 5 rings (SSSR count). The molecular formula is C20H16N4OS2. The van der Waals surface area contributed by atoms with E-state index >= 15 is 0 Å². The second-order valence-corrected chi connectivity index (χ2v) is 8.48. The highest BCUT2D eigenvalue weighted by Crippen LogP contribution is 2.44. The second-order valence-electron chi connectivity index (χ2n) is 6.37. The first kappa shape index (κ1) is 16.5. The third kappa shape index (κ3) is 2.83. The number of nitrogens with zero attached hydrogens (tertiary/aromatic N) is 3. The molecule has 1 N–H and O–H groups in total. The van der Waals surface area contributed by atoms with Gasteiger partial charge in [0, 0.05) is 5.56 Å². The van der Waals surface area contributed by atoms with Gasteiger partial charge in [-0.25, -0.2) is 4.98 Å². The van der Waals surface area contributed by atoms with Crippen molar-refractivity contribution in [2.24, 2.45) is 0 Å². The van der Waals surface area contributed by atoms with Crippen LogP contribution in [0.1, 0.15) is 22.1 Å². The number of aryl methyl sites for hydroxylation is 1. The number of rotatable bonds is 2. The summed E-state index contributed by atoms with van der Waals surface area (Å²) < 4.78 is 2.89. The van der Waals surface area contributed by atoms with E-state index in [2.05, 4.69) is 17.4 Å². The summed E-state index contributed by atoms with van der Waals surface area (Å²) in [5.74, 6) is 1.13. The fourth-order valence-corrected chi connectivity index (χ4v) is 5.48. The summed E-state index contributed by atoms with van der Waals surface area (Å²) in [5, 5.41) is 8.63. The molecular weight excluding hydrogens is 376 g/mol. The monoisotopic (exact) mass is 392 g/mol. The summed E-state index contributed by atoms with van der Waals surface area (Å²) in [6.45, 7) is 2.00. The van der Waals surface area contributed by atoms with Gasteiger partial charge in [0.05, 0.1) is 26.9 Å². The van der Waals surface area contributed by atoms with Gasteiger partial charge in [-0.2, -0.15) is 9.78 Å². The van der Waals surface area contributed by atoms with E-state index in [1.807, 2.05) is 49.4 Å². The lowest BCUT2D eigenvalue weighted by Gasteiger charge is -2.15. The Morgan fingerprint density at radius 1 is 1.11 bits per heavy atom. The standard InChI is InChI=1S/C20H16N4OS2/c1-12-17-18(13-7-3-2-4-8-13)26-11-16(25)22-19(17)24(23-12)20-21-14-9-5-6-10-15(14)27-20/h2-10,18H,11H2,1H3,(H,22,25). The van der Waals surface area contributed by atoms with Crippen molar-refractivity contribution in [3.05, 3.63) is 71.4 Å². The highest BCUT2D eigenvalue weighted by atomic mass is 32.2. The zero-order valence-corrected chi connectivity index (χ0v) is 16.2. The number of thioether (sulfide) groups is 1. The predicted octanol–water partition coefficient (Wildman–Crippen LogP) is 4.57. The summed E-state index contributed by atoms with van der Waals surface area (Å²) in [7, 11) is 0. The van der Waals surface area contributed by atoms with E-state index < -0.39 is 0 Å². The van der Waals surface area contributed by atoms with Crippen molar-refractivity contribution in [1.29, 1.82) is 0 Å². The van der Waals surface area contributed by atoms with Crippen LogP contribution >= 0.6 is 23.1 Å². The number of thiazole rings is 1. The second kappa shape index (κ2) is 6.51. The summed E-state index contributed by atoms with van der Waals surface area (Å²) in [5.41, 5.74) is 4.07. The Balaban J connectivity index is 1.70. The minimum atomic E-state index is -0.0121. The third-order valence-corrected chi connectivity index (χ3v) is 6.86. The Labute approximate surface area is 164 Å². The molecule has 1 aliphatic rings. The molecule has 7 heteroatoms. The molecule has 0 fully saturated rings. The summed E-state index contributed by atoms with van der Waals surface area (Å²) in [6.07, 6.45) is 0. The quantitative estimate of drug-likeness (QED) is 0.543. The maximum Gasteiger partial charge on any atom is 0.235 e. The Kier molecular flexibility index (Phi) is 3.98. The maximum atomic E-state index is 12.4. The van der Waals surface area contributed by atoms with Crippen LogP contribution in [-0.2, 0) is 4.79 Å². The number of hydrogen-bond acceptors (Lipinski definition) is 5. The van der Waals surface area contributed by atoms with Crippen molar-refractivity contribution in [1.82, 2.24) is 14.8 Å². The van der Waals surface area contributed by atoms with E-state index in [0.29, 0.717) is 5.75 Å². The fraction of sp³-hybridized carbons (Fsp3) is 0.150. The van der Waals surface area contributed by atoms with E-state index in [0.717, 1.165) is 32.4 Å². The van der Waals surface area contributed by atoms with Crippen molar-refractivity contribution in [2.75, 3.05) is 11.1 Å². The molecule has 0 spiro atoms. The van der Waals surface area contributed by atoms with Crippen molar-refractivity contribution in [3.8, 4) is 5.13 Å². The highest BCUT2D eigenvalue weighted by molar-refractivity contribution is 8.00. The van der Waals surface area contributed by atoms with Crippen LogP contribution < -0.4 is 5.32 Å². The molecule has 5 nitrogen and oxygen atoms in total. The Morgan fingerprint density at radius 3 is 2.70 bits per heavy atom. The van der Waals surface area contributed by atoms with Crippen molar-refractivity contribution in [2.45, 2.75) is 12.2 Å². The number of benzene rings is 2. The maximum absolute atomic E-state index is 12.4. The van der Waals surface area contributed by atoms with E-state index in [1.54, 1.807) is 27.8 Å². The first-order chi connectivity index (χ1) is 13.2. The Bertz CT molecular complexity index is 1120. The molecule has 2 aromatic heterocycles. The molecule has 1 amide bonds. The van der Waals surface area contributed by atoms with Gasteiger partial charge >= 0.3 is 0 Å². The first-order valence-electron chi connectivity index (χ1n) is 8.62. The van der Waals surface area contributed by atoms with Gasteiger partial charge < -0.3 is 5.32 Å². The molecule has 2 aromatic carbocycles. The molecule has 1 atom stereocenters. The number of para-hydroxylation sites is 1. The number of carbonyl (C=O) groups is 1. The average molecular weight is 393 g/mol. The van der Waals surface area contributed by atoms with Crippen LogP contribution in [0.15, 0.2) is 54.6 Å². The third-order valence-electron chi connectivity index (χ3n) is 4.57. The molecule has 0 aliphatic carbocycles. The number of hydrogen-bond donors (Lipinski definition) is 1. The molecule has 0 saturated heterocycles. The molecule has 3 heterocycles. The number of fused-ring (bicyclic) bond motifs is 2. The Hall–Kier alpha value is -2.64. The van der Waals surface area contributed by atoms with Crippen molar-refractivity contribution in [3.63, 3.8) is 0 Å². The van der Waals surface area contributed by atoms with Crippen LogP contribution in [-0.4, -0.2) is 26.4 Å². The zero-order valence-electron chi connectivity index (χ0n) is 14.5. The minimum Gasteiger partial charge on any atom is -0.310 e. The molecule has 27 heavy (non-hydrogen) atoms. The number of aromatic nitrogens is 3. The SMILES string of the molecule is Cc1nn(-c2nc3ccccc3s2)c2c1C(c1ccccc1)SCC(=O)N2. The van der Waals surface area contributed by atoms with Crippen LogP contribution in [0.2, 0.25) is 0 Å². The van der Waals surface area contributed by atoms with Gasteiger partial charge in [0.2, 0.25) is 11.0 Å². The lowest BCUT2D eigenvalue weighted by atomic mass is 10.0. The van der Waals surface area contributed by atoms with Crippen molar-refractivity contribution >= 4 is 45.0 Å². The normalized spacial score (nSPS) is 16.8. The smallest absolute Gasteiger partial charge is 0.235 e. The molecule has 1 unspecified atom stereocenters. The summed E-state index contributed by atoms with van der Waals surface area (Å²) in [6, 6.07) is 18.3. The number of amides is 1. The van der Waals surface area contributed by atoms with E-state index in [-0.39, 0.29) is 11.2 Å². The van der Waals surface area contributed by atoms with Gasteiger partial charge in [-0.15, -0.1) is 11.8 Å². The van der Waals surface area contributed by atoms with Crippen LogP contribution in [0.5, 0.6) is 0 Å². The van der Waals surface area contributed by atoms with Crippen LogP contribution in [0.25, 0.3) is 15.3 Å². The van der Waals surface area contributed by atoms with E-state index in [9.17, 15) is 4.79 Å². The number of carbonyl (C=O) groups excluding carboxylic acids is 1. The molecule has 1 aliphatic heterocycles. The highest BCUT2D eigenvalue weighted by Gasteiger charge is 2.31. The molecule has 0 bridgehead atoms. The van der Waals surface area contributed by atoms with Gasteiger partial charge in [-0.3, -0.25) is 4.79 Å². The van der Waals surface area contributed by atoms with Gasteiger partial charge in [-0.1, -0.05) is 53.8 Å². The largest absolute Gasteiger partial charge is 0.310 e. The van der Waals surface area contributed by atoms with Crippen LogP contribution in [0.3, 0.4) is 0 Å². The van der Waals surface area contributed by atoms with Gasteiger partial charge in [0.15, 0.2) is 0 Å². The molecule has 0 radical (unpaired) electrons. The average Bonchev–Trinajstić information content (AvgIpc) is 3.19. The summed E-state index contributed by atoms with van der Waals surface area (Å²) in [4.78, 5) is 17.1. The van der Waals surface area contributed by atoms with Gasteiger partial charge in [-0.05, 0) is 24.6 Å². The number of anilines is 1. The molecule has 4 aromatic rings. The summed E-state index contributed by atoms with van der Waals surface area (Å²) >= 11 is 3.21. The van der Waals surface area contributed by atoms with Crippen molar-refractivity contribution < 1.29 is 4.79 Å². The Morgan fingerprint density at radius 2 is 1.89 bits per heavy atom. The lowest BCUT2D eigenvalue weighted by Crippen LogP contribution is -2.15. The number of nitrogens with one attached hydrogen (secondary N) is 1. The fourth-order valence-electron chi connectivity index (χ4n) is 3.36. The lowest BCUT2D eigenvalue weighted by molar-refractivity contribution is -0.113. The predicted molar refractivity (Wildman–Crippen MR) is 111 cm³/mol. The van der Waals surface area contributed by atoms with Gasteiger partial charge in [0.1, 0.15) is 5.82 Å². The first-order valence-corrected chi connectivity index (χ1v) is 10.5. The zero-order chi connectivity index (χ0) is 18.4.